The highest BCUT2D eigenvalue weighted by Gasteiger charge is 2.23. The molecule has 1 fully saturated rings. The Hall–Kier alpha value is -3.75. The quantitative estimate of drug-likeness (QED) is 0.0816. The molecule has 9 heteroatoms. The number of likely N-dealkylation sites (tertiary alicyclic amines) is 1. The van der Waals surface area contributed by atoms with Gasteiger partial charge in [-0.25, -0.2) is 9.37 Å². The molecule has 0 radical (unpaired) electrons. The normalized spacial score (nSPS) is 14.4. The Morgan fingerprint density at radius 2 is 2.00 bits per heavy atom. The van der Waals surface area contributed by atoms with Crippen molar-refractivity contribution in [2.75, 3.05) is 37.6 Å². The van der Waals surface area contributed by atoms with Crippen molar-refractivity contribution in [3.63, 3.8) is 0 Å². The number of benzene rings is 2. The highest BCUT2D eigenvalue weighted by atomic mass is 35.5. The van der Waals surface area contributed by atoms with Gasteiger partial charge in [-0.2, -0.15) is 0 Å². The summed E-state index contributed by atoms with van der Waals surface area (Å²) in [6, 6.07) is 16.1. The van der Waals surface area contributed by atoms with Crippen molar-refractivity contribution in [1.29, 1.82) is 0 Å². The number of hydrogen-bond acceptors (Lipinski definition) is 7. The number of piperidine rings is 1. The summed E-state index contributed by atoms with van der Waals surface area (Å²) in [6.07, 6.45) is 3.63. The maximum atomic E-state index is 14.1. The lowest BCUT2D eigenvalue weighted by Gasteiger charge is -2.34. The Morgan fingerprint density at radius 1 is 1.21 bits per heavy atom. The number of pyridine rings is 1. The highest BCUT2D eigenvalue weighted by molar-refractivity contribution is 6.30. The van der Waals surface area contributed by atoms with Crippen molar-refractivity contribution >= 4 is 29.3 Å². The van der Waals surface area contributed by atoms with Gasteiger partial charge in [0.1, 0.15) is 24.5 Å². The van der Waals surface area contributed by atoms with Gasteiger partial charge in [0.2, 0.25) is 5.88 Å². The van der Waals surface area contributed by atoms with Crippen LogP contribution in [0.1, 0.15) is 66.2 Å². The van der Waals surface area contributed by atoms with Crippen LogP contribution in [0.5, 0.6) is 5.88 Å². The van der Waals surface area contributed by atoms with Gasteiger partial charge in [-0.15, -0.1) is 0 Å². The van der Waals surface area contributed by atoms with Gasteiger partial charge in [0.05, 0.1) is 12.3 Å². The molecule has 2 heterocycles. The van der Waals surface area contributed by atoms with E-state index >= 15 is 0 Å². The number of aryl methyl sites for hydroxylation is 1. The van der Waals surface area contributed by atoms with Crippen molar-refractivity contribution in [3.05, 3.63) is 100 Å². The molecule has 1 aliphatic heterocycles. The minimum absolute atomic E-state index is 0.0889. The van der Waals surface area contributed by atoms with Crippen LogP contribution in [0.2, 0.25) is 5.02 Å². The van der Waals surface area contributed by atoms with E-state index in [4.69, 9.17) is 26.2 Å². The van der Waals surface area contributed by atoms with Crippen LogP contribution in [0.4, 0.5) is 10.1 Å². The number of ether oxygens (including phenoxy) is 1. The number of nitrogens with zero attached hydrogens (tertiary/aromatic N) is 4. The summed E-state index contributed by atoms with van der Waals surface area (Å²) in [5.41, 5.74) is 5.03. The number of carbonyl (C=O) groups is 1. The van der Waals surface area contributed by atoms with E-state index in [1.807, 2.05) is 51.1 Å². The van der Waals surface area contributed by atoms with E-state index in [0.717, 1.165) is 74.4 Å². The van der Waals surface area contributed by atoms with Gasteiger partial charge in [0.25, 0.3) is 0 Å². The fourth-order valence-electron chi connectivity index (χ4n) is 5.02. The second kappa shape index (κ2) is 15.6. The molecule has 43 heavy (non-hydrogen) atoms. The first-order valence-electron chi connectivity index (χ1n) is 14.7. The number of hydrogen-bond donors (Lipinski definition) is 0. The van der Waals surface area contributed by atoms with E-state index in [2.05, 4.69) is 21.5 Å². The SMILES string of the molecule is C=C(CN(CCN1CCC(c2cccc(OCc3ccc(Cl)cc3F)n2)CC1)c1cc(C=O)ccc1C)O/N=C(\C)CC. The summed E-state index contributed by atoms with van der Waals surface area (Å²) in [5, 5.41) is 4.52. The fraction of sp³-hybridized carbons (Fsp3) is 0.382. The number of aromatic nitrogens is 1. The molecule has 0 aliphatic carbocycles. The molecule has 4 rings (SSSR count). The largest absolute Gasteiger partial charge is 0.473 e. The number of anilines is 1. The van der Waals surface area contributed by atoms with Gasteiger partial charge in [0.15, 0.2) is 0 Å². The predicted octanol–water partition coefficient (Wildman–Crippen LogP) is 7.58. The summed E-state index contributed by atoms with van der Waals surface area (Å²) in [4.78, 5) is 26.5. The second-order valence-corrected chi connectivity index (χ2v) is 11.4. The lowest BCUT2D eigenvalue weighted by atomic mass is 9.93. The molecule has 0 amide bonds. The number of aldehydes is 1. The Morgan fingerprint density at radius 3 is 2.72 bits per heavy atom. The molecule has 0 spiro atoms. The number of rotatable bonds is 14. The zero-order valence-electron chi connectivity index (χ0n) is 25.2. The molecule has 0 saturated carbocycles. The van der Waals surface area contributed by atoms with Gasteiger partial charge in [-0.1, -0.05) is 54.5 Å². The van der Waals surface area contributed by atoms with Gasteiger partial charge in [-0.3, -0.25) is 4.79 Å². The molecule has 0 N–H and O–H groups in total. The van der Waals surface area contributed by atoms with E-state index in [9.17, 15) is 9.18 Å². The van der Waals surface area contributed by atoms with E-state index < -0.39 is 5.82 Å². The van der Waals surface area contributed by atoms with Gasteiger partial charge < -0.3 is 19.4 Å². The Bertz CT molecular complexity index is 1440. The smallest absolute Gasteiger partial charge is 0.213 e. The minimum Gasteiger partial charge on any atom is -0.473 e. The predicted molar refractivity (Wildman–Crippen MR) is 171 cm³/mol. The van der Waals surface area contributed by atoms with E-state index in [-0.39, 0.29) is 6.61 Å². The highest BCUT2D eigenvalue weighted by Crippen LogP contribution is 2.29. The summed E-state index contributed by atoms with van der Waals surface area (Å²) in [5.74, 6) is 0.966. The first-order chi connectivity index (χ1) is 20.7. The topological polar surface area (TPSA) is 67.3 Å². The average molecular weight is 607 g/mol. The van der Waals surface area contributed by atoms with Crippen LogP contribution in [0.15, 0.2) is 72.1 Å². The molecular weight excluding hydrogens is 567 g/mol. The van der Waals surface area contributed by atoms with Gasteiger partial charge in [-0.05, 0) is 76.0 Å². The number of carbonyl (C=O) groups excluding carboxylic acids is 1. The van der Waals surface area contributed by atoms with E-state index in [1.165, 1.54) is 6.07 Å². The summed E-state index contributed by atoms with van der Waals surface area (Å²) >= 11 is 5.85. The van der Waals surface area contributed by atoms with Crippen LogP contribution < -0.4 is 9.64 Å². The van der Waals surface area contributed by atoms with E-state index in [1.54, 1.807) is 18.2 Å². The van der Waals surface area contributed by atoms with Crippen LogP contribution in [0, 0.1) is 12.7 Å². The summed E-state index contributed by atoms with van der Waals surface area (Å²) in [7, 11) is 0. The van der Waals surface area contributed by atoms with Gasteiger partial charge >= 0.3 is 0 Å². The molecule has 0 atom stereocenters. The third kappa shape index (κ3) is 9.37. The molecule has 2 aromatic carbocycles. The van der Waals surface area contributed by atoms with E-state index in [0.29, 0.717) is 40.3 Å². The first-order valence-corrected chi connectivity index (χ1v) is 15.1. The molecule has 3 aromatic rings. The van der Waals surface area contributed by atoms with Crippen LogP contribution in [-0.4, -0.2) is 54.6 Å². The maximum absolute atomic E-state index is 14.1. The van der Waals surface area contributed by atoms with Gasteiger partial charge in [0, 0.05) is 52.6 Å². The molecule has 7 nitrogen and oxygen atoms in total. The molecule has 0 unspecified atom stereocenters. The maximum Gasteiger partial charge on any atom is 0.213 e. The van der Waals surface area contributed by atoms with Crippen LogP contribution in [0.25, 0.3) is 0 Å². The third-order valence-electron chi connectivity index (χ3n) is 7.75. The van der Waals surface area contributed by atoms with Crippen molar-refractivity contribution in [2.45, 2.75) is 52.6 Å². The van der Waals surface area contributed by atoms with Crippen molar-refractivity contribution in [1.82, 2.24) is 9.88 Å². The van der Waals surface area contributed by atoms with Crippen molar-refractivity contribution in [3.8, 4) is 5.88 Å². The Labute approximate surface area is 259 Å². The fourth-order valence-corrected chi connectivity index (χ4v) is 5.18. The molecule has 1 aliphatic rings. The minimum atomic E-state index is -0.391. The monoisotopic (exact) mass is 606 g/mol. The average Bonchev–Trinajstić information content (AvgIpc) is 3.02. The van der Waals surface area contributed by atoms with Crippen LogP contribution in [-0.2, 0) is 11.4 Å². The molecule has 228 valence electrons. The summed E-state index contributed by atoms with van der Waals surface area (Å²) in [6.45, 7) is 14.1. The molecule has 0 bridgehead atoms. The first kappa shape index (κ1) is 32.2. The van der Waals surface area contributed by atoms with Crippen molar-refractivity contribution < 1.29 is 18.8 Å². The molecule has 1 saturated heterocycles. The second-order valence-electron chi connectivity index (χ2n) is 10.9. The number of oxime groups is 1. The Kier molecular flexibility index (Phi) is 11.7. The lowest BCUT2D eigenvalue weighted by molar-refractivity contribution is 0.112. The zero-order chi connectivity index (χ0) is 30.8. The number of halogens is 2. The van der Waals surface area contributed by atoms with Crippen LogP contribution in [0.3, 0.4) is 0 Å². The Balaban J connectivity index is 1.34. The zero-order valence-corrected chi connectivity index (χ0v) is 25.9. The van der Waals surface area contributed by atoms with Crippen molar-refractivity contribution in [2.24, 2.45) is 5.16 Å². The molecular formula is C34H40ClFN4O3. The molecule has 1 aromatic heterocycles. The third-order valence-corrected chi connectivity index (χ3v) is 7.98. The summed E-state index contributed by atoms with van der Waals surface area (Å²) < 4.78 is 19.9. The van der Waals surface area contributed by atoms with Crippen LogP contribution >= 0.6 is 11.6 Å². The lowest BCUT2D eigenvalue weighted by Crippen LogP contribution is -2.40. The standard InChI is InChI=1S/C34H40ClFN4O3/c1-5-25(3)38-43-26(4)21-40(33-19-27(22-41)10-9-24(33)2)18-17-39-15-13-28(14-16-39)32-7-6-8-34(37-32)42-23-29-11-12-30(35)20-31(29)36/h6-12,19-20,22,28H,4-5,13-18,21,23H2,1-3H3/b38-25+.